The van der Waals surface area contributed by atoms with Gasteiger partial charge in [-0.25, -0.2) is 4.68 Å². The normalized spacial score (nSPS) is 16.2. The second-order valence-corrected chi connectivity index (χ2v) is 5.74. The van der Waals surface area contributed by atoms with Gasteiger partial charge in [-0.05, 0) is 38.1 Å². The summed E-state index contributed by atoms with van der Waals surface area (Å²) in [5.74, 6) is -0.0706. The number of nitrogens with one attached hydrogen (secondary N) is 2. The first-order chi connectivity index (χ1) is 11.4. The first-order valence-corrected chi connectivity index (χ1v) is 7.55. The van der Waals surface area contributed by atoms with Crippen molar-refractivity contribution in [2.75, 3.05) is 10.6 Å². The quantitative estimate of drug-likeness (QED) is 0.825. The SMILES string of the molecule is CC(=O)c1ccc(NC(=O)CC2Cn3nc(C)nc3NC2=O)cc1. The van der Waals surface area contributed by atoms with E-state index in [4.69, 9.17) is 0 Å². The zero-order valence-corrected chi connectivity index (χ0v) is 13.4. The van der Waals surface area contributed by atoms with Gasteiger partial charge >= 0.3 is 0 Å². The Morgan fingerprint density at radius 1 is 1.33 bits per heavy atom. The summed E-state index contributed by atoms with van der Waals surface area (Å²) < 4.78 is 1.59. The molecule has 2 amide bonds. The Morgan fingerprint density at radius 3 is 2.71 bits per heavy atom. The molecule has 0 bridgehead atoms. The maximum Gasteiger partial charge on any atom is 0.232 e. The van der Waals surface area contributed by atoms with Gasteiger partial charge in [-0.15, -0.1) is 0 Å². The van der Waals surface area contributed by atoms with E-state index in [1.165, 1.54) is 6.92 Å². The first-order valence-electron chi connectivity index (χ1n) is 7.55. The highest BCUT2D eigenvalue weighted by Crippen LogP contribution is 2.20. The number of carbonyl (C=O) groups excluding carboxylic acids is 3. The van der Waals surface area contributed by atoms with Gasteiger partial charge in [-0.1, -0.05) is 0 Å². The Labute approximate surface area is 138 Å². The summed E-state index contributed by atoms with van der Waals surface area (Å²) in [4.78, 5) is 39.6. The Balaban J connectivity index is 1.62. The van der Waals surface area contributed by atoms with Crippen LogP contribution in [0.15, 0.2) is 24.3 Å². The van der Waals surface area contributed by atoms with Crippen LogP contribution >= 0.6 is 0 Å². The monoisotopic (exact) mass is 327 g/mol. The Morgan fingerprint density at radius 2 is 2.04 bits per heavy atom. The van der Waals surface area contributed by atoms with Gasteiger partial charge in [0.2, 0.25) is 17.8 Å². The van der Waals surface area contributed by atoms with Crippen LogP contribution < -0.4 is 10.6 Å². The average molecular weight is 327 g/mol. The number of anilines is 2. The number of fused-ring (bicyclic) bond motifs is 1. The molecular formula is C16H17N5O3. The molecule has 1 aromatic carbocycles. The standard InChI is InChI=1S/C16H17N5O3/c1-9(22)11-3-5-13(6-4-11)18-14(23)7-12-8-21-16(19-15(12)24)17-10(2)20-21/h3-6,12H,7-8H2,1-2H3,(H,18,23)(H,17,19,20,24). The number of amides is 2. The van der Waals surface area contributed by atoms with E-state index in [0.29, 0.717) is 29.6 Å². The third kappa shape index (κ3) is 3.32. The van der Waals surface area contributed by atoms with Gasteiger partial charge in [0.25, 0.3) is 0 Å². The van der Waals surface area contributed by atoms with E-state index in [1.54, 1.807) is 35.9 Å². The van der Waals surface area contributed by atoms with Gasteiger partial charge in [0.1, 0.15) is 5.82 Å². The predicted molar refractivity (Wildman–Crippen MR) is 86.6 cm³/mol. The van der Waals surface area contributed by atoms with E-state index in [2.05, 4.69) is 20.7 Å². The largest absolute Gasteiger partial charge is 0.326 e. The molecule has 2 N–H and O–H groups in total. The maximum absolute atomic E-state index is 12.2. The molecule has 1 unspecified atom stereocenters. The number of Topliss-reactive ketones (excluding diaryl/α,β-unsaturated/α-hetero) is 1. The molecule has 2 heterocycles. The number of aromatic nitrogens is 3. The third-order valence-electron chi connectivity index (χ3n) is 3.78. The van der Waals surface area contributed by atoms with Gasteiger partial charge < -0.3 is 5.32 Å². The number of aryl methyl sites for hydroxylation is 1. The lowest BCUT2D eigenvalue weighted by atomic mass is 10.0. The molecule has 0 saturated carbocycles. The summed E-state index contributed by atoms with van der Waals surface area (Å²) in [5.41, 5.74) is 1.16. The second kappa shape index (κ2) is 6.23. The minimum absolute atomic E-state index is 0.0364. The van der Waals surface area contributed by atoms with Gasteiger partial charge in [-0.2, -0.15) is 10.1 Å². The predicted octanol–water partition coefficient (Wildman–Crippen LogP) is 1.39. The average Bonchev–Trinajstić information content (AvgIpc) is 2.87. The van der Waals surface area contributed by atoms with Crippen LogP contribution in [0.2, 0.25) is 0 Å². The van der Waals surface area contributed by atoms with Crippen molar-refractivity contribution in [3.63, 3.8) is 0 Å². The minimum atomic E-state index is -0.505. The summed E-state index contributed by atoms with van der Waals surface area (Å²) >= 11 is 0. The van der Waals surface area contributed by atoms with Crippen molar-refractivity contribution in [1.82, 2.24) is 14.8 Å². The van der Waals surface area contributed by atoms with Crippen LogP contribution in [0.25, 0.3) is 0 Å². The highest BCUT2D eigenvalue weighted by atomic mass is 16.2. The number of carbonyl (C=O) groups is 3. The van der Waals surface area contributed by atoms with Crippen LogP contribution in [0, 0.1) is 12.8 Å². The number of benzene rings is 1. The van der Waals surface area contributed by atoms with Crippen molar-refractivity contribution in [3.05, 3.63) is 35.7 Å². The van der Waals surface area contributed by atoms with Crippen LogP contribution in [0.4, 0.5) is 11.6 Å². The van der Waals surface area contributed by atoms with Gasteiger partial charge in [-0.3, -0.25) is 19.7 Å². The summed E-state index contributed by atoms with van der Waals surface area (Å²) in [6, 6.07) is 6.62. The van der Waals surface area contributed by atoms with Gasteiger partial charge in [0.05, 0.1) is 12.5 Å². The molecule has 0 aliphatic carbocycles. The third-order valence-corrected chi connectivity index (χ3v) is 3.78. The van der Waals surface area contributed by atoms with Crippen molar-refractivity contribution in [1.29, 1.82) is 0 Å². The van der Waals surface area contributed by atoms with Crippen LogP contribution in [0.3, 0.4) is 0 Å². The van der Waals surface area contributed by atoms with Crippen molar-refractivity contribution < 1.29 is 14.4 Å². The number of hydrogen-bond donors (Lipinski definition) is 2. The summed E-state index contributed by atoms with van der Waals surface area (Å²) in [5, 5.41) is 9.56. The van der Waals surface area contributed by atoms with Crippen molar-refractivity contribution in [2.45, 2.75) is 26.8 Å². The molecule has 0 saturated heterocycles. The zero-order chi connectivity index (χ0) is 17.3. The lowest BCUT2D eigenvalue weighted by Gasteiger charge is -2.21. The zero-order valence-electron chi connectivity index (χ0n) is 13.4. The molecule has 3 rings (SSSR count). The van der Waals surface area contributed by atoms with E-state index in [-0.39, 0.29) is 24.0 Å². The van der Waals surface area contributed by atoms with Crippen LogP contribution in [0.1, 0.15) is 29.5 Å². The highest BCUT2D eigenvalue weighted by molar-refractivity contribution is 5.99. The molecule has 2 aromatic rings. The first kappa shape index (κ1) is 15.9. The topological polar surface area (TPSA) is 106 Å². The van der Waals surface area contributed by atoms with Crippen molar-refractivity contribution >= 4 is 29.2 Å². The lowest BCUT2D eigenvalue weighted by Crippen LogP contribution is -2.36. The molecule has 0 spiro atoms. The molecular weight excluding hydrogens is 310 g/mol. The highest BCUT2D eigenvalue weighted by Gasteiger charge is 2.29. The molecule has 1 atom stereocenters. The Hall–Kier alpha value is -3.03. The molecule has 8 heteroatoms. The lowest BCUT2D eigenvalue weighted by molar-refractivity contribution is -0.125. The molecule has 0 fully saturated rings. The maximum atomic E-state index is 12.2. The van der Waals surface area contributed by atoms with E-state index in [0.717, 1.165) is 0 Å². The van der Waals surface area contributed by atoms with E-state index < -0.39 is 5.92 Å². The molecule has 0 radical (unpaired) electrons. The molecule has 1 aliphatic heterocycles. The van der Waals surface area contributed by atoms with Gasteiger partial charge in [0.15, 0.2) is 5.78 Å². The van der Waals surface area contributed by atoms with Crippen molar-refractivity contribution in [2.24, 2.45) is 5.92 Å². The van der Waals surface area contributed by atoms with Crippen LogP contribution in [0.5, 0.6) is 0 Å². The fraction of sp³-hybridized carbons (Fsp3) is 0.312. The summed E-state index contributed by atoms with van der Waals surface area (Å²) in [7, 11) is 0. The smallest absolute Gasteiger partial charge is 0.232 e. The summed E-state index contributed by atoms with van der Waals surface area (Å²) in [6.45, 7) is 3.54. The Kier molecular flexibility index (Phi) is 4.11. The van der Waals surface area contributed by atoms with Gasteiger partial charge in [0, 0.05) is 17.7 Å². The van der Waals surface area contributed by atoms with E-state index in [1.807, 2.05) is 0 Å². The minimum Gasteiger partial charge on any atom is -0.326 e. The molecule has 1 aliphatic rings. The van der Waals surface area contributed by atoms with Crippen LogP contribution in [-0.2, 0) is 16.1 Å². The van der Waals surface area contributed by atoms with Crippen LogP contribution in [-0.4, -0.2) is 32.4 Å². The second-order valence-electron chi connectivity index (χ2n) is 5.74. The number of nitrogens with zero attached hydrogens (tertiary/aromatic N) is 3. The molecule has 1 aromatic heterocycles. The van der Waals surface area contributed by atoms with E-state index >= 15 is 0 Å². The fourth-order valence-electron chi connectivity index (χ4n) is 2.56. The number of ketones is 1. The molecule has 24 heavy (non-hydrogen) atoms. The van der Waals surface area contributed by atoms with Crippen molar-refractivity contribution in [3.8, 4) is 0 Å². The number of hydrogen-bond acceptors (Lipinski definition) is 5. The fourth-order valence-corrected chi connectivity index (χ4v) is 2.56. The number of rotatable bonds is 4. The Bertz CT molecular complexity index is 810. The molecule has 124 valence electrons. The van der Waals surface area contributed by atoms with E-state index in [9.17, 15) is 14.4 Å². The molecule has 8 nitrogen and oxygen atoms in total. The summed E-state index contributed by atoms with van der Waals surface area (Å²) in [6.07, 6.45) is 0.0403.